The fourth-order valence-corrected chi connectivity index (χ4v) is 9.63. The first-order valence-corrected chi connectivity index (χ1v) is 20.4. The van der Waals surface area contributed by atoms with Crippen LogP contribution in [0, 0.1) is 0 Å². The molecule has 278 valence electrons. The highest BCUT2D eigenvalue weighted by atomic mass is 16.3. The average molecular weight is 755 g/mol. The Bertz CT molecular complexity index is 3590. The van der Waals surface area contributed by atoms with Crippen molar-refractivity contribution in [2.24, 2.45) is 4.99 Å². The van der Waals surface area contributed by atoms with Gasteiger partial charge in [0.05, 0.1) is 0 Å². The molecule has 1 atom stereocenters. The van der Waals surface area contributed by atoms with Crippen LogP contribution in [0.2, 0.25) is 0 Å². The predicted molar refractivity (Wildman–Crippen MR) is 249 cm³/mol. The summed E-state index contributed by atoms with van der Waals surface area (Å²) >= 11 is 0. The molecule has 3 heteroatoms. The van der Waals surface area contributed by atoms with Crippen molar-refractivity contribution < 1.29 is 4.42 Å². The fourth-order valence-electron chi connectivity index (χ4n) is 9.63. The first-order chi connectivity index (χ1) is 29.1. The van der Waals surface area contributed by atoms with Gasteiger partial charge >= 0.3 is 0 Å². The van der Waals surface area contributed by atoms with Crippen molar-refractivity contribution in [2.75, 3.05) is 0 Å². The van der Waals surface area contributed by atoms with E-state index in [-0.39, 0.29) is 6.17 Å². The van der Waals surface area contributed by atoms with Crippen LogP contribution >= 0.6 is 0 Å². The molecule has 0 fully saturated rings. The minimum atomic E-state index is -0.331. The number of allylic oxidation sites excluding steroid dienone is 1. The van der Waals surface area contributed by atoms with Crippen LogP contribution in [0.15, 0.2) is 203 Å². The van der Waals surface area contributed by atoms with Gasteiger partial charge in [-0.1, -0.05) is 152 Å². The lowest BCUT2D eigenvalue weighted by Crippen LogP contribution is -2.19. The molecule has 1 aliphatic rings. The van der Waals surface area contributed by atoms with Crippen LogP contribution in [0.25, 0.3) is 92.6 Å². The van der Waals surface area contributed by atoms with E-state index < -0.39 is 0 Å². The molecule has 12 rings (SSSR count). The van der Waals surface area contributed by atoms with E-state index in [0.717, 1.165) is 38.9 Å². The Kier molecular flexibility index (Phi) is 7.58. The fraction of sp³-hybridized carbons (Fsp3) is 0.0536. The van der Waals surface area contributed by atoms with Crippen molar-refractivity contribution in [2.45, 2.75) is 19.5 Å². The minimum absolute atomic E-state index is 0.331. The van der Waals surface area contributed by atoms with Crippen LogP contribution in [0.3, 0.4) is 0 Å². The van der Waals surface area contributed by atoms with Crippen LogP contribution in [-0.2, 0) is 0 Å². The summed E-state index contributed by atoms with van der Waals surface area (Å²) in [6.45, 7) is 2.28. The van der Waals surface area contributed by atoms with Crippen molar-refractivity contribution in [1.29, 1.82) is 0 Å². The molecule has 0 radical (unpaired) electrons. The third-order valence-electron chi connectivity index (χ3n) is 12.4. The molecular weight excluding hydrogens is 717 g/mol. The van der Waals surface area contributed by atoms with E-state index in [0.29, 0.717) is 6.42 Å². The van der Waals surface area contributed by atoms with Gasteiger partial charge < -0.3 is 9.73 Å². The van der Waals surface area contributed by atoms with Gasteiger partial charge in [0.2, 0.25) is 0 Å². The van der Waals surface area contributed by atoms with Crippen molar-refractivity contribution in [3.63, 3.8) is 0 Å². The minimum Gasteiger partial charge on any atom is -0.456 e. The summed E-state index contributed by atoms with van der Waals surface area (Å²) in [5, 5.41) is 18.6. The first kappa shape index (κ1) is 33.6. The zero-order valence-electron chi connectivity index (χ0n) is 32.5. The summed E-state index contributed by atoms with van der Waals surface area (Å²) in [6.07, 6.45) is 0.385. The highest BCUT2D eigenvalue weighted by molar-refractivity contribution is 6.20. The molecule has 1 aromatic heterocycles. The quantitative estimate of drug-likeness (QED) is 0.182. The molecule has 0 bridgehead atoms. The molecule has 3 nitrogen and oxygen atoms in total. The predicted octanol–water partition coefficient (Wildman–Crippen LogP) is 14.9. The van der Waals surface area contributed by atoms with E-state index in [1.54, 1.807) is 0 Å². The number of benzene rings is 10. The second kappa shape index (κ2) is 13.3. The van der Waals surface area contributed by atoms with Gasteiger partial charge in [-0.15, -0.1) is 0 Å². The van der Waals surface area contributed by atoms with E-state index in [4.69, 9.17) is 9.41 Å². The van der Waals surface area contributed by atoms with Gasteiger partial charge in [-0.2, -0.15) is 0 Å². The van der Waals surface area contributed by atoms with Gasteiger partial charge in [-0.3, -0.25) is 4.99 Å². The van der Waals surface area contributed by atoms with Crippen molar-refractivity contribution in [3.05, 3.63) is 210 Å². The van der Waals surface area contributed by atoms with Gasteiger partial charge in [0, 0.05) is 39.7 Å². The van der Waals surface area contributed by atoms with Crippen LogP contribution in [-0.4, -0.2) is 5.71 Å². The second-order valence-corrected chi connectivity index (χ2v) is 15.9. The van der Waals surface area contributed by atoms with Gasteiger partial charge in [-0.05, 0) is 119 Å². The molecule has 2 heterocycles. The van der Waals surface area contributed by atoms with Gasteiger partial charge in [0.25, 0.3) is 0 Å². The average Bonchev–Trinajstić information content (AvgIpc) is 3.59. The van der Waals surface area contributed by atoms with Crippen molar-refractivity contribution in [3.8, 4) is 11.1 Å². The molecule has 1 unspecified atom stereocenters. The second-order valence-electron chi connectivity index (χ2n) is 15.9. The Morgan fingerprint density at radius 2 is 1.03 bits per heavy atom. The molecule has 1 aliphatic heterocycles. The van der Waals surface area contributed by atoms with E-state index in [1.807, 2.05) is 12.1 Å². The lowest BCUT2D eigenvalue weighted by molar-refractivity contribution is 0.669. The topological polar surface area (TPSA) is 37.5 Å². The number of nitrogens with one attached hydrogen (secondary N) is 1. The standard InChI is InChI=1S/C56H38N2O/c1-34-29-51(49-32-37-13-2-4-15-41(37)44-17-6-8-19-46(44)49)57-56(58-55(34)50-33-38-14-3-5-16-42(38)45-18-7-9-20-47(45)50)40-28-26-35-30-39(27-25-36(35)31-40)43-22-12-24-53-54(43)48-21-10-11-23-52(48)59-53/h2-28,30-33,56,58H,29H2,1H3. The number of fused-ring (bicyclic) bond motifs is 10. The maximum absolute atomic E-state index is 6.25. The molecule has 0 saturated heterocycles. The van der Waals surface area contributed by atoms with Crippen LogP contribution in [0.5, 0.6) is 0 Å². The molecule has 0 aliphatic carbocycles. The zero-order chi connectivity index (χ0) is 39.0. The molecule has 1 N–H and O–H groups in total. The summed E-state index contributed by atoms with van der Waals surface area (Å²) in [5.74, 6) is 0. The number of hydrogen-bond acceptors (Lipinski definition) is 3. The van der Waals surface area contributed by atoms with E-state index in [1.165, 1.54) is 81.7 Å². The number of aliphatic imine (C=N–C) groups is 1. The SMILES string of the molecule is CC1=C(c2cc3ccccc3c3ccccc23)NC(c2ccc3cc(-c4cccc5oc6ccccc6c45)ccc3c2)N=C(c2cc3ccccc3c3ccccc23)C1. The Labute approximate surface area is 341 Å². The normalized spacial score (nSPS) is 14.8. The Balaban J connectivity index is 1.04. The summed E-state index contributed by atoms with van der Waals surface area (Å²) in [7, 11) is 0. The number of nitrogens with zero attached hydrogens (tertiary/aromatic N) is 1. The zero-order valence-corrected chi connectivity index (χ0v) is 32.5. The highest BCUT2D eigenvalue weighted by Gasteiger charge is 2.25. The van der Waals surface area contributed by atoms with Gasteiger partial charge in [0.15, 0.2) is 0 Å². The monoisotopic (exact) mass is 754 g/mol. The van der Waals surface area contributed by atoms with E-state index in [9.17, 15) is 0 Å². The van der Waals surface area contributed by atoms with Crippen molar-refractivity contribution in [1.82, 2.24) is 5.32 Å². The molecule has 11 aromatic rings. The Morgan fingerprint density at radius 1 is 0.458 bits per heavy atom. The molecule has 0 spiro atoms. The molecule has 0 amide bonds. The number of para-hydroxylation sites is 1. The van der Waals surface area contributed by atoms with Gasteiger partial charge in [-0.25, -0.2) is 0 Å². The number of furan rings is 1. The first-order valence-electron chi connectivity index (χ1n) is 20.4. The third-order valence-corrected chi connectivity index (χ3v) is 12.4. The van der Waals surface area contributed by atoms with E-state index >= 15 is 0 Å². The largest absolute Gasteiger partial charge is 0.456 e. The molecule has 10 aromatic carbocycles. The van der Waals surface area contributed by atoms with Crippen molar-refractivity contribution >= 4 is 87.2 Å². The van der Waals surface area contributed by atoms with Crippen LogP contribution in [0.1, 0.15) is 36.2 Å². The number of hydrogen-bond donors (Lipinski definition) is 1. The maximum Gasteiger partial charge on any atom is 0.145 e. The number of rotatable bonds is 4. The smallest absolute Gasteiger partial charge is 0.145 e. The van der Waals surface area contributed by atoms with E-state index in [2.05, 4.69) is 188 Å². The van der Waals surface area contributed by atoms with Crippen LogP contribution < -0.4 is 5.32 Å². The Hall–Kier alpha value is -7.49. The summed E-state index contributed by atoms with van der Waals surface area (Å²) in [6, 6.07) is 68.1. The Morgan fingerprint density at radius 3 is 1.78 bits per heavy atom. The third kappa shape index (κ3) is 5.46. The highest BCUT2D eigenvalue weighted by Crippen LogP contribution is 2.40. The summed E-state index contributed by atoms with van der Waals surface area (Å²) < 4.78 is 6.25. The van der Waals surface area contributed by atoms with Crippen LogP contribution in [0.4, 0.5) is 0 Å². The summed E-state index contributed by atoms with van der Waals surface area (Å²) in [4.78, 5) is 5.72. The lowest BCUT2D eigenvalue weighted by atomic mass is 9.90. The molecule has 0 saturated carbocycles. The lowest BCUT2D eigenvalue weighted by Gasteiger charge is -2.22. The summed E-state index contributed by atoms with van der Waals surface area (Å²) in [5.41, 5.74) is 11.1. The van der Waals surface area contributed by atoms with Gasteiger partial charge in [0.1, 0.15) is 17.3 Å². The molecular formula is C56H38N2O. The molecule has 59 heavy (non-hydrogen) atoms. The maximum atomic E-state index is 6.25.